The molecule has 0 saturated carbocycles. The van der Waals surface area contributed by atoms with Crippen LogP contribution in [0.3, 0.4) is 0 Å². The van der Waals surface area contributed by atoms with Crippen LogP contribution in [-0.4, -0.2) is 16.1 Å². The van der Waals surface area contributed by atoms with Crippen LogP contribution in [0, 0.1) is 56.1 Å². The summed E-state index contributed by atoms with van der Waals surface area (Å²) in [5.74, 6) is 0. The van der Waals surface area contributed by atoms with E-state index in [4.69, 9.17) is 0 Å². The topological polar surface area (TPSA) is 0 Å². The molecule has 12 heavy (non-hydrogen) atoms. The van der Waals surface area contributed by atoms with E-state index in [1.807, 2.05) is 0 Å². The van der Waals surface area contributed by atoms with E-state index in [0.29, 0.717) is 0 Å². The number of hydrogen-bond donors (Lipinski definition) is 0. The molecule has 0 N–H and O–H groups in total. The van der Waals surface area contributed by atoms with E-state index in [2.05, 4.69) is 44.9 Å². The molecule has 0 atom stereocenters. The van der Waals surface area contributed by atoms with Crippen molar-refractivity contribution < 1.29 is 35.6 Å². The molecule has 0 nitrogen and oxygen atoms in total. The predicted octanol–water partition coefficient (Wildman–Crippen LogP) is 3.85. The van der Waals surface area contributed by atoms with Gasteiger partial charge >= 0.3 is 0 Å². The monoisotopic (exact) mass is 328 g/mol. The molecule has 0 saturated heterocycles. The van der Waals surface area contributed by atoms with Crippen molar-refractivity contribution in [2.75, 3.05) is 0 Å². The van der Waals surface area contributed by atoms with Gasteiger partial charge in [-0.3, -0.25) is 0 Å². The minimum Gasteiger partial charge on any atom is -0.358 e. The van der Waals surface area contributed by atoms with Gasteiger partial charge in [0.1, 0.15) is 0 Å². The van der Waals surface area contributed by atoms with Gasteiger partial charge in [-0.2, -0.15) is 0 Å². The van der Waals surface area contributed by atoms with E-state index in [9.17, 15) is 0 Å². The molecule has 0 unspecified atom stereocenters. The van der Waals surface area contributed by atoms with Gasteiger partial charge in [0.05, 0.1) is 0 Å². The van der Waals surface area contributed by atoms with Gasteiger partial charge in [0, 0.05) is 35.6 Å². The van der Waals surface area contributed by atoms with Crippen molar-refractivity contribution >= 4 is 16.1 Å². The first-order valence-electron chi connectivity index (χ1n) is 3.58. The van der Waals surface area contributed by atoms with Crippen molar-refractivity contribution in [2.45, 2.75) is 39.3 Å². The fourth-order valence-corrected chi connectivity index (χ4v) is 11.7. The summed E-state index contributed by atoms with van der Waals surface area (Å²) in [5.41, 5.74) is 2.65. The van der Waals surface area contributed by atoms with E-state index in [0.717, 1.165) is 0 Å². The molecule has 0 aromatic rings. The Morgan fingerprint density at radius 2 is 0.833 bits per heavy atom. The molecule has 3 heteroatoms. The van der Waals surface area contributed by atoms with Crippen LogP contribution in [-0.2, 0) is 0 Å². The third-order valence-corrected chi connectivity index (χ3v) is 7.79. The average Bonchev–Trinajstić information content (AvgIpc) is 1.14. The Kier molecular flexibility index (Phi) is 15.6. The summed E-state index contributed by atoms with van der Waals surface area (Å²) in [6, 6.07) is 0. The van der Waals surface area contributed by atoms with Crippen LogP contribution in [0.1, 0.15) is 0 Å². The number of rotatable bonds is 2. The van der Waals surface area contributed by atoms with Crippen molar-refractivity contribution in [1.82, 2.24) is 0 Å². The Balaban J connectivity index is -0.000000107. The molecule has 0 aliphatic heterocycles. The van der Waals surface area contributed by atoms with Crippen LogP contribution in [0.5, 0.6) is 0 Å². The molecule has 0 aromatic carbocycles. The van der Waals surface area contributed by atoms with Crippen molar-refractivity contribution in [3.63, 3.8) is 0 Å². The molecule has 75 valence electrons. The van der Waals surface area contributed by atoms with Crippen molar-refractivity contribution in [1.29, 1.82) is 0 Å². The first-order chi connectivity index (χ1) is 3.71. The van der Waals surface area contributed by atoms with Gasteiger partial charge in [0.25, 0.3) is 0 Å². The van der Waals surface area contributed by atoms with E-state index in [1.165, 1.54) is 0 Å². The van der Waals surface area contributed by atoms with Crippen molar-refractivity contribution in [2.24, 2.45) is 0 Å². The molecule has 0 spiro atoms. The van der Waals surface area contributed by atoms with Crippen molar-refractivity contribution in [3.05, 3.63) is 20.5 Å². The smallest absolute Gasteiger partial charge is 0 e. The summed E-state index contributed by atoms with van der Waals surface area (Å²) in [7, 11) is -1.71. The molecule has 0 aromatic heterocycles. The summed E-state index contributed by atoms with van der Waals surface area (Å²) >= 11 is 0. The Morgan fingerprint density at radius 3 is 0.833 bits per heavy atom. The first kappa shape index (κ1) is 23.4. The zero-order valence-electron chi connectivity index (χ0n) is 10.2. The predicted molar refractivity (Wildman–Crippen MR) is 63.8 cm³/mol. The summed E-state index contributed by atoms with van der Waals surface area (Å²) in [5, 5.41) is 0. The van der Waals surface area contributed by atoms with Crippen LogP contribution in [0.15, 0.2) is 0 Å². The maximum absolute atomic E-state index is 2.65. The third-order valence-electron chi connectivity index (χ3n) is 0.866. The SMILES string of the molecule is C[Si](C)(C)[CH-][Si](C)(C)C.[CH3-].[CH3-].[La]. The Bertz CT molecular complexity index is 77.7. The summed E-state index contributed by atoms with van der Waals surface area (Å²) < 4.78 is 0. The molecule has 0 aliphatic rings. The van der Waals surface area contributed by atoms with E-state index in [-0.39, 0.29) is 50.5 Å². The number of hydrogen-bond acceptors (Lipinski definition) is 0. The zero-order chi connectivity index (χ0) is 7.71. The van der Waals surface area contributed by atoms with E-state index < -0.39 is 16.1 Å². The molecular weight excluding hydrogens is 303 g/mol. The Hall–Kier alpha value is 1.63. The minimum atomic E-state index is -0.856. The maximum Gasteiger partial charge on any atom is 0 e. The molecule has 0 fully saturated rings. The van der Waals surface area contributed by atoms with Crippen molar-refractivity contribution in [3.8, 4) is 0 Å². The normalized spacial score (nSPS) is 10.5. The standard InChI is InChI=1S/C7H19Si2.2CH3.La/c1-8(2,3)7-9(4,5)6;;;/h7H,1-6H3;2*1H3;/q3*-1;. The van der Waals surface area contributed by atoms with E-state index >= 15 is 0 Å². The first-order valence-corrected chi connectivity index (χ1v) is 10.7. The van der Waals surface area contributed by atoms with Crippen LogP contribution >= 0.6 is 0 Å². The van der Waals surface area contributed by atoms with Gasteiger partial charge in [-0.1, -0.05) is 39.3 Å². The summed E-state index contributed by atoms with van der Waals surface area (Å²) in [6.45, 7) is 14.4. The largest absolute Gasteiger partial charge is 0.358 e. The fraction of sp³-hybridized carbons (Fsp3) is 0.667. The summed E-state index contributed by atoms with van der Waals surface area (Å²) in [6.07, 6.45) is 0. The maximum atomic E-state index is 2.65. The van der Waals surface area contributed by atoms with E-state index in [1.54, 1.807) is 0 Å². The van der Waals surface area contributed by atoms with Gasteiger partial charge in [-0.05, 0) is 0 Å². The second-order valence-corrected chi connectivity index (χ2v) is 15.5. The van der Waals surface area contributed by atoms with Gasteiger partial charge < -0.3 is 20.5 Å². The molecule has 1 radical (unpaired) electrons. The molecule has 0 amide bonds. The molecule has 0 aliphatic carbocycles. The molecule has 0 bridgehead atoms. The minimum absolute atomic E-state index is 0. The Labute approximate surface area is 111 Å². The van der Waals surface area contributed by atoms with Gasteiger partial charge in [-0.25, -0.2) is 0 Å². The van der Waals surface area contributed by atoms with Gasteiger partial charge in [0.2, 0.25) is 0 Å². The van der Waals surface area contributed by atoms with Crippen LogP contribution in [0.25, 0.3) is 0 Å². The zero-order valence-corrected chi connectivity index (χ0v) is 15.8. The Morgan fingerprint density at radius 1 is 0.667 bits per heavy atom. The fourth-order valence-electron chi connectivity index (χ4n) is 1.30. The molecule has 0 rings (SSSR count). The van der Waals surface area contributed by atoms with Gasteiger partial charge in [0.15, 0.2) is 0 Å². The molecule has 0 heterocycles. The third kappa shape index (κ3) is 22.6. The molecular formula is C9H25LaSi2-3. The average molecular weight is 328 g/mol. The van der Waals surface area contributed by atoms with Crippen LogP contribution in [0.4, 0.5) is 0 Å². The van der Waals surface area contributed by atoms with Crippen LogP contribution < -0.4 is 0 Å². The van der Waals surface area contributed by atoms with Gasteiger partial charge in [-0.15, -0.1) is 16.1 Å². The quantitative estimate of drug-likeness (QED) is 0.534. The second-order valence-electron chi connectivity index (χ2n) is 4.88. The second kappa shape index (κ2) is 7.98. The summed E-state index contributed by atoms with van der Waals surface area (Å²) in [4.78, 5) is 0. The van der Waals surface area contributed by atoms with Crippen LogP contribution in [0.2, 0.25) is 39.3 Å².